The van der Waals surface area contributed by atoms with Gasteiger partial charge in [0, 0.05) is 0 Å². The fourth-order valence-electron chi connectivity index (χ4n) is 9.22. The van der Waals surface area contributed by atoms with Gasteiger partial charge in [-0.3, -0.25) is 0 Å². The van der Waals surface area contributed by atoms with Crippen molar-refractivity contribution in [2.45, 2.75) is 182 Å². The van der Waals surface area contributed by atoms with Gasteiger partial charge in [0.05, 0.1) is 48.7 Å². The van der Waals surface area contributed by atoms with E-state index in [9.17, 15) is 19.2 Å². The number of rotatable bonds is 36. The van der Waals surface area contributed by atoms with Crippen molar-refractivity contribution in [1.29, 1.82) is 0 Å². The van der Waals surface area contributed by atoms with Crippen molar-refractivity contribution < 1.29 is 38.1 Å². The molecule has 8 nitrogen and oxygen atoms in total. The van der Waals surface area contributed by atoms with E-state index in [4.69, 9.17) is 18.9 Å². The van der Waals surface area contributed by atoms with Gasteiger partial charge >= 0.3 is 23.9 Å². The predicted molar refractivity (Wildman–Crippen MR) is 303 cm³/mol. The molecular weight excluding hydrogens is 921 g/mol. The third-order valence-corrected chi connectivity index (χ3v) is 13.8. The third kappa shape index (κ3) is 20.0. The fraction of sp³-hybridized carbons (Fsp3) is 0.485. The van der Waals surface area contributed by atoms with Gasteiger partial charge in [-0.05, 0) is 131 Å². The van der Waals surface area contributed by atoms with Crippen LogP contribution in [0, 0.1) is 0 Å². The van der Waals surface area contributed by atoms with Crippen molar-refractivity contribution in [2.75, 3.05) is 26.4 Å². The molecule has 5 rings (SSSR count). The van der Waals surface area contributed by atoms with Crippen molar-refractivity contribution in [3.05, 3.63) is 131 Å². The van der Waals surface area contributed by atoms with Gasteiger partial charge in [0.25, 0.3) is 0 Å². The second-order valence-corrected chi connectivity index (χ2v) is 19.9. The molecule has 0 unspecified atom stereocenters. The quantitative estimate of drug-likeness (QED) is 0.0222. The summed E-state index contributed by atoms with van der Waals surface area (Å²) in [5, 5.41) is 0. The van der Waals surface area contributed by atoms with E-state index < -0.39 is 0 Å². The second-order valence-electron chi connectivity index (χ2n) is 19.9. The zero-order chi connectivity index (χ0) is 52.6. The Kier molecular flexibility index (Phi) is 27.4. The van der Waals surface area contributed by atoms with Gasteiger partial charge in [-0.2, -0.15) is 0 Å². The summed E-state index contributed by atoms with van der Waals surface area (Å²) in [6, 6.07) is 34.4. The number of hydrogen-bond acceptors (Lipinski definition) is 8. The van der Waals surface area contributed by atoms with E-state index in [1.807, 2.05) is 97.1 Å². The Balaban J connectivity index is 1.49. The Bertz CT molecular complexity index is 2060. The van der Waals surface area contributed by atoms with Gasteiger partial charge in [-0.15, -0.1) is 0 Å². The summed E-state index contributed by atoms with van der Waals surface area (Å²) in [6.07, 6.45) is 26.6. The lowest BCUT2D eigenvalue weighted by molar-refractivity contribution is 0.0488. The third-order valence-electron chi connectivity index (χ3n) is 13.8. The highest BCUT2D eigenvalue weighted by Crippen LogP contribution is 2.42. The lowest BCUT2D eigenvalue weighted by Crippen LogP contribution is -2.07. The molecule has 0 saturated heterocycles. The zero-order valence-corrected chi connectivity index (χ0v) is 45.5. The molecule has 0 radical (unpaired) electrons. The number of carbonyl (C=O) groups is 4. The molecule has 0 saturated carbocycles. The summed E-state index contributed by atoms with van der Waals surface area (Å²) in [4.78, 5) is 52.9. The number of hydrogen-bond donors (Lipinski definition) is 0. The van der Waals surface area contributed by atoms with Crippen molar-refractivity contribution in [3.63, 3.8) is 0 Å². The van der Waals surface area contributed by atoms with Gasteiger partial charge in [0.2, 0.25) is 0 Å². The molecule has 0 bridgehead atoms. The van der Waals surface area contributed by atoms with Crippen LogP contribution in [-0.4, -0.2) is 50.3 Å². The van der Waals surface area contributed by atoms with Crippen LogP contribution in [0.3, 0.4) is 0 Å². The normalized spacial score (nSPS) is 11.1. The zero-order valence-electron chi connectivity index (χ0n) is 45.5. The van der Waals surface area contributed by atoms with Crippen molar-refractivity contribution >= 4 is 23.9 Å². The van der Waals surface area contributed by atoms with Crippen molar-refractivity contribution in [3.8, 4) is 44.5 Å². The minimum absolute atomic E-state index is 0.347. The minimum Gasteiger partial charge on any atom is -0.462 e. The first-order valence-electron chi connectivity index (χ1n) is 28.6. The van der Waals surface area contributed by atoms with Crippen LogP contribution in [-0.2, 0) is 18.9 Å². The van der Waals surface area contributed by atoms with Crippen LogP contribution in [0.15, 0.2) is 109 Å². The first kappa shape index (κ1) is 58.9. The molecule has 0 spiro atoms. The summed E-state index contributed by atoms with van der Waals surface area (Å²) in [6.45, 7) is 10.4. The largest absolute Gasteiger partial charge is 0.462 e. The van der Waals surface area contributed by atoms with Gasteiger partial charge < -0.3 is 18.9 Å². The lowest BCUT2D eigenvalue weighted by Gasteiger charge is -2.19. The Hall–Kier alpha value is -6.02. The Morgan fingerprint density at radius 1 is 0.257 bits per heavy atom. The molecule has 0 aliphatic rings. The molecule has 5 aromatic carbocycles. The molecule has 8 heteroatoms. The highest BCUT2D eigenvalue weighted by atomic mass is 16.5. The summed E-state index contributed by atoms with van der Waals surface area (Å²) in [7, 11) is 0. The number of carbonyl (C=O) groups excluding carboxylic acids is 4. The van der Waals surface area contributed by atoms with Gasteiger partial charge in [0.1, 0.15) is 0 Å². The van der Waals surface area contributed by atoms with Crippen LogP contribution in [0.1, 0.15) is 223 Å². The summed E-state index contributed by atoms with van der Waals surface area (Å²) < 4.78 is 22.8. The maximum absolute atomic E-state index is 13.2. The average molecular weight is 1010 g/mol. The summed E-state index contributed by atoms with van der Waals surface area (Å²) >= 11 is 0. The molecule has 5 aromatic rings. The Labute approximate surface area is 444 Å². The highest BCUT2D eigenvalue weighted by molar-refractivity contribution is 5.98. The van der Waals surface area contributed by atoms with Gasteiger partial charge in [-0.25, -0.2) is 19.2 Å². The molecule has 0 aliphatic carbocycles. The van der Waals surface area contributed by atoms with Crippen LogP contribution in [0.2, 0.25) is 0 Å². The fourth-order valence-corrected chi connectivity index (χ4v) is 9.22. The molecule has 0 amide bonds. The van der Waals surface area contributed by atoms with E-state index in [2.05, 4.69) is 39.8 Å². The lowest BCUT2D eigenvalue weighted by atomic mass is 9.85. The molecule has 0 atom stereocenters. The molecule has 74 heavy (non-hydrogen) atoms. The first-order chi connectivity index (χ1) is 36.3. The van der Waals surface area contributed by atoms with Crippen molar-refractivity contribution in [2.24, 2.45) is 0 Å². The van der Waals surface area contributed by atoms with E-state index in [-0.39, 0.29) is 23.9 Å². The van der Waals surface area contributed by atoms with Gasteiger partial charge in [0.15, 0.2) is 0 Å². The number of benzene rings is 5. The molecule has 0 aliphatic heterocycles. The number of unbranched alkanes of at least 4 members (excludes halogenated alkanes) is 20. The molecule has 0 N–H and O–H groups in total. The number of esters is 4. The highest BCUT2D eigenvalue weighted by Gasteiger charge is 2.20. The molecule has 0 heterocycles. The van der Waals surface area contributed by atoms with Crippen LogP contribution in [0.4, 0.5) is 0 Å². The van der Waals surface area contributed by atoms with Crippen molar-refractivity contribution in [1.82, 2.24) is 0 Å². The standard InChI is InChI=1S/C66H86O8/c1-5-9-13-17-21-25-45-71-63(67)55-37-29-51(30-38-55)59-49-61(53-33-41-57(42-34-53)65(69)73-47-27-23-19-15-11-7-3)62(54-35-43-58(44-36-54)66(70)74-48-28-24-20-16-12-8-4)50-60(59)52-31-39-56(40-32-52)64(68)72-46-26-22-18-14-10-6-2/h29-44,49-50H,5-28,45-48H2,1-4H3. The summed E-state index contributed by atoms with van der Waals surface area (Å²) in [5.41, 5.74) is 9.00. The second kappa shape index (κ2) is 34.5. The van der Waals surface area contributed by atoms with Gasteiger partial charge in [-0.1, -0.05) is 205 Å². The molecule has 0 fully saturated rings. The number of ether oxygens (including phenoxy) is 4. The topological polar surface area (TPSA) is 105 Å². The maximum atomic E-state index is 13.2. The Morgan fingerprint density at radius 2 is 0.432 bits per heavy atom. The SMILES string of the molecule is CCCCCCCCOC(=O)c1ccc(-c2cc(-c3ccc(C(=O)OCCCCCCCC)cc3)c(-c3ccc(C(=O)OCCCCCCCC)cc3)cc2-c2ccc(C(=O)OCCCCCCCC)cc2)cc1. The molecule has 398 valence electrons. The monoisotopic (exact) mass is 1010 g/mol. The molecular formula is C66H86O8. The average Bonchev–Trinajstić information content (AvgIpc) is 3.44. The van der Waals surface area contributed by atoms with E-state index in [0.717, 1.165) is 122 Å². The van der Waals surface area contributed by atoms with Crippen LogP contribution < -0.4 is 0 Å². The van der Waals surface area contributed by atoms with E-state index in [1.54, 1.807) is 0 Å². The maximum Gasteiger partial charge on any atom is 0.338 e. The van der Waals surface area contributed by atoms with E-state index in [1.165, 1.54) is 77.0 Å². The van der Waals surface area contributed by atoms with Crippen LogP contribution in [0.5, 0.6) is 0 Å². The first-order valence-corrected chi connectivity index (χ1v) is 28.6. The smallest absolute Gasteiger partial charge is 0.338 e. The van der Waals surface area contributed by atoms with E-state index in [0.29, 0.717) is 48.7 Å². The summed E-state index contributed by atoms with van der Waals surface area (Å²) in [5.74, 6) is -1.39. The minimum atomic E-state index is -0.347. The van der Waals surface area contributed by atoms with E-state index >= 15 is 0 Å². The predicted octanol–water partition coefficient (Wildman–Crippen LogP) is 18.4. The Morgan fingerprint density at radius 3 is 0.622 bits per heavy atom. The molecule has 0 aromatic heterocycles. The van der Waals surface area contributed by atoms with Crippen LogP contribution in [0.25, 0.3) is 44.5 Å². The van der Waals surface area contributed by atoms with Crippen LogP contribution >= 0.6 is 0 Å².